The van der Waals surface area contributed by atoms with Crippen molar-refractivity contribution in [2.45, 2.75) is 45.4 Å². The zero-order valence-electron chi connectivity index (χ0n) is 19.4. The first-order valence-corrected chi connectivity index (χ1v) is 11.1. The highest BCUT2D eigenvalue weighted by atomic mass is 16.5. The fraction of sp³-hybridized carbons (Fsp3) is 0.370. The van der Waals surface area contributed by atoms with E-state index in [1.807, 2.05) is 12.1 Å². The smallest absolute Gasteiger partial charge is 0.196 e. The molecule has 0 aliphatic heterocycles. The molecule has 0 radical (unpaired) electrons. The van der Waals surface area contributed by atoms with Gasteiger partial charge in [0.05, 0.1) is 32.3 Å². The number of ether oxygens (including phenoxy) is 3. The topological polar surface area (TPSA) is 57.9 Å². The molecule has 0 fully saturated rings. The second kappa shape index (κ2) is 11.4. The quantitative estimate of drug-likeness (QED) is 0.252. The summed E-state index contributed by atoms with van der Waals surface area (Å²) in [4.78, 5) is 13.4. The lowest BCUT2D eigenvalue weighted by molar-refractivity contribution is 0.349. The fourth-order valence-electron chi connectivity index (χ4n) is 3.80. The number of para-hydroxylation sites is 1. The number of methoxy groups -OCH3 is 3. The van der Waals surface area contributed by atoms with Crippen molar-refractivity contribution in [2.24, 2.45) is 0 Å². The van der Waals surface area contributed by atoms with Crippen LogP contribution in [0.25, 0.3) is 22.3 Å². The largest absolute Gasteiger partial charge is 0.496 e. The van der Waals surface area contributed by atoms with Crippen LogP contribution in [0.1, 0.15) is 44.6 Å². The van der Waals surface area contributed by atoms with Gasteiger partial charge in [-0.3, -0.25) is 4.79 Å². The third-order valence-corrected chi connectivity index (χ3v) is 5.56. The van der Waals surface area contributed by atoms with Gasteiger partial charge in [0.1, 0.15) is 17.1 Å². The van der Waals surface area contributed by atoms with E-state index in [2.05, 4.69) is 19.1 Å². The number of hydrogen-bond donors (Lipinski definition) is 0. The molecule has 0 unspecified atom stereocenters. The maximum atomic E-state index is 13.4. The number of rotatable bonds is 11. The first-order valence-electron chi connectivity index (χ1n) is 11.1. The number of unbranched alkanes of at least 4 members (excludes halogenated alkanes) is 4. The molecule has 3 aromatic rings. The summed E-state index contributed by atoms with van der Waals surface area (Å²) in [5.41, 5.74) is 1.75. The first-order chi connectivity index (χ1) is 15.6. The average molecular weight is 437 g/mol. The lowest BCUT2D eigenvalue weighted by Crippen LogP contribution is -2.11. The monoisotopic (exact) mass is 436 g/mol. The minimum atomic E-state index is -0.0330. The first kappa shape index (κ1) is 23.5. The summed E-state index contributed by atoms with van der Waals surface area (Å²) in [5, 5.41) is 0.571. The predicted octanol–water partition coefficient (Wildman–Crippen LogP) is 6.55. The summed E-state index contributed by atoms with van der Waals surface area (Å²) < 4.78 is 22.8. The molecule has 1 aromatic heterocycles. The number of benzene rings is 2. The van der Waals surface area contributed by atoms with Crippen LogP contribution in [0.5, 0.6) is 17.2 Å². The summed E-state index contributed by atoms with van der Waals surface area (Å²) in [6, 6.07) is 10.9. The van der Waals surface area contributed by atoms with Crippen molar-refractivity contribution in [3.8, 4) is 28.6 Å². The van der Waals surface area contributed by atoms with Crippen molar-refractivity contribution >= 4 is 11.0 Å². The van der Waals surface area contributed by atoms with Crippen molar-refractivity contribution in [3.05, 3.63) is 64.3 Å². The number of hydrogen-bond acceptors (Lipinski definition) is 5. The molecule has 0 aliphatic carbocycles. The van der Waals surface area contributed by atoms with E-state index in [1.54, 1.807) is 45.6 Å². The van der Waals surface area contributed by atoms with Gasteiger partial charge in [-0.2, -0.15) is 0 Å². The van der Waals surface area contributed by atoms with E-state index in [1.165, 1.54) is 19.3 Å². The van der Waals surface area contributed by atoms with Gasteiger partial charge in [-0.1, -0.05) is 50.5 Å². The van der Waals surface area contributed by atoms with E-state index >= 15 is 0 Å². The molecule has 0 N–H and O–H groups in total. The Morgan fingerprint density at radius 2 is 1.59 bits per heavy atom. The number of fused-ring (bicyclic) bond motifs is 1. The van der Waals surface area contributed by atoms with Crippen molar-refractivity contribution in [2.75, 3.05) is 21.3 Å². The van der Waals surface area contributed by atoms with E-state index in [-0.39, 0.29) is 5.43 Å². The van der Waals surface area contributed by atoms with E-state index in [0.717, 1.165) is 12.8 Å². The summed E-state index contributed by atoms with van der Waals surface area (Å²) in [6.45, 7) is 2.21. The van der Waals surface area contributed by atoms with Crippen LogP contribution < -0.4 is 19.6 Å². The highest BCUT2D eigenvalue weighted by Gasteiger charge is 2.21. The molecule has 32 heavy (non-hydrogen) atoms. The lowest BCUT2D eigenvalue weighted by Gasteiger charge is -2.16. The van der Waals surface area contributed by atoms with Crippen LogP contribution in [-0.2, 0) is 6.42 Å². The molecular formula is C27H32O5. The highest BCUT2D eigenvalue weighted by Crippen LogP contribution is 2.41. The Labute approximate surface area is 189 Å². The van der Waals surface area contributed by atoms with E-state index in [0.29, 0.717) is 51.5 Å². The van der Waals surface area contributed by atoms with Gasteiger partial charge in [-0.15, -0.1) is 0 Å². The molecule has 0 bridgehead atoms. The molecule has 0 aliphatic rings. The maximum Gasteiger partial charge on any atom is 0.196 e. The van der Waals surface area contributed by atoms with Gasteiger partial charge in [-0.05, 0) is 37.5 Å². The average Bonchev–Trinajstić information content (AvgIpc) is 2.83. The molecule has 0 spiro atoms. The van der Waals surface area contributed by atoms with Crippen molar-refractivity contribution in [1.82, 2.24) is 0 Å². The lowest BCUT2D eigenvalue weighted by atomic mass is 10.0. The van der Waals surface area contributed by atoms with Crippen molar-refractivity contribution < 1.29 is 18.6 Å². The molecule has 170 valence electrons. The highest BCUT2D eigenvalue weighted by molar-refractivity contribution is 5.82. The minimum Gasteiger partial charge on any atom is -0.496 e. The summed E-state index contributed by atoms with van der Waals surface area (Å²) in [5.74, 6) is 2.12. The van der Waals surface area contributed by atoms with E-state index in [4.69, 9.17) is 18.6 Å². The van der Waals surface area contributed by atoms with Crippen LogP contribution in [0.15, 0.2) is 57.8 Å². The second-order valence-electron chi connectivity index (χ2n) is 7.67. The summed E-state index contributed by atoms with van der Waals surface area (Å²) in [6.07, 6.45) is 10.6. The van der Waals surface area contributed by atoms with Crippen molar-refractivity contribution in [3.63, 3.8) is 0 Å². The molecule has 0 amide bonds. The van der Waals surface area contributed by atoms with Crippen LogP contribution >= 0.6 is 0 Å². The standard InChI is InChI=1S/C27H32O5/c1-5-6-7-8-9-10-11-15-20-26(28)19-14-12-13-16-22(19)32-27(20)21-17-24(30-3)25(31-4)18-23(21)29-2/h10-14,16-18H,5-9,15H2,1-4H3. The Morgan fingerprint density at radius 3 is 2.31 bits per heavy atom. The minimum absolute atomic E-state index is 0.0330. The van der Waals surface area contributed by atoms with E-state index in [9.17, 15) is 4.79 Å². The zero-order valence-corrected chi connectivity index (χ0v) is 19.4. The molecular weight excluding hydrogens is 404 g/mol. The Balaban J connectivity index is 2.09. The van der Waals surface area contributed by atoms with Gasteiger partial charge in [0.25, 0.3) is 0 Å². The zero-order chi connectivity index (χ0) is 22.9. The van der Waals surface area contributed by atoms with Gasteiger partial charge in [0.15, 0.2) is 16.9 Å². The molecule has 1 heterocycles. The van der Waals surface area contributed by atoms with Crippen LogP contribution in [0.2, 0.25) is 0 Å². The normalized spacial score (nSPS) is 11.2. The molecule has 0 saturated carbocycles. The predicted molar refractivity (Wildman–Crippen MR) is 129 cm³/mol. The van der Waals surface area contributed by atoms with Gasteiger partial charge < -0.3 is 18.6 Å². The summed E-state index contributed by atoms with van der Waals surface area (Å²) in [7, 11) is 4.73. The van der Waals surface area contributed by atoms with Crippen LogP contribution in [0.4, 0.5) is 0 Å². The van der Waals surface area contributed by atoms with Gasteiger partial charge in [-0.25, -0.2) is 0 Å². The molecule has 0 saturated heterocycles. The van der Waals surface area contributed by atoms with Gasteiger partial charge in [0, 0.05) is 11.6 Å². The fourth-order valence-corrected chi connectivity index (χ4v) is 3.80. The van der Waals surface area contributed by atoms with Crippen LogP contribution in [0.3, 0.4) is 0 Å². The van der Waals surface area contributed by atoms with Gasteiger partial charge in [0.2, 0.25) is 0 Å². The van der Waals surface area contributed by atoms with Crippen molar-refractivity contribution in [1.29, 1.82) is 0 Å². The third kappa shape index (κ3) is 5.16. The SMILES string of the molecule is CCCCCCC=CCc1c(-c2cc(OC)c(OC)cc2OC)oc2ccccc2c1=O. The second-order valence-corrected chi connectivity index (χ2v) is 7.67. The van der Waals surface area contributed by atoms with Gasteiger partial charge >= 0.3 is 0 Å². The molecule has 3 rings (SSSR count). The Kier molecular flexibility index (Phi) is 8.37. The molecule has 2 aromatic carbocycles. The third-order valence-electron chi connectivity index (χ3n) is 5.56. The number of allylic oxidation sites excluding steroid dienone is 2. The van der Waals surface area contributed by atoms with E-state index < -0.39 is 0 Å². The Morgan fingerprint density at radius 1 is 0.875 bits per heavy atom. The maximum absolute atomic E-state index is 13.4. The summed E-state index contributed by atoms with van der Waals surface area (Å²) >= 11 is 0. The molecule has 5 nitrogen and oxygen atoms in total. The molecule has 5 heteroatoms. The Hall–Kier alpha value is -3.21. The van der Waals surface area contributed by atoms with Crippen LogP contribution in [-0.4, -0.2) is 21.3 Å². The molecule has 0 atom stereocenters. The Bertz CT molecular complexity index is 1130. The van der Waals surface area contributed by atoms with Crippen LogP contribution in [0, 0.1) is 0 Å².